The quantitative estimate of drug-likeness (QED) is 0.324. The third-order valence-corrected chi connectivity index (χ3v) is 4.96. The summed E-state index contributed by atoms with van der Waals surface area (Å²) in [5.74, 6) is 1.98. The van der Waals surface area contributed by atoms with E-state index in [0.29, 0.717) is 0 Å². The predicted molar refractivity (Wildman–Crippen MR) is 112 cm³/mol. The SMILES string of the molecule is c1ccc2c(c1)Cc1ccccc1O2.c1ccc2c(c1)[nH]c1ccccc12. The summed E-state index contributed by atoms with van der Waals surface area (Å²) in [5, 5.41) is 2.61. The van der Waals surface area contributed by atoms with Gasteiger partial charge in [0.05, 0.1) is 0 Å². The van der Waals surface area contributed by atoms with Crippen LogP contribution in [0.5, 0.6) is 11.5 Å². The van der Waals surface area contributed by atoms with Gasteiger partial charge in [-0.3, -0.25) is 0 Å². The van der Waals surface area contributed by atoms with E-state index in [2.05, 4.69) is 77.8 Å². The van der Waals surface area contributed by atoms with Crippen molar-refractivity contribution in [2.75, 3.05) is 0 Å². The highest BCUT2D eigenvalue weighted by molar-refractivity contribution is 6.06. The number of benzene rings is 4. The third kappa shape index (κ3) is 2.96. The first-order valence-electron chi connectivity index (χ1n) is 9.17. The van der Waals surface area contributed by atoms with Gasteiger partial charge in [-0.1, -0.05) is 72.8 Å². The Balaban J connectivity index is 0.000000119. The molecule has 1 N–H and O–H groups in total. The van der Waals surface area contributed by atoms with Gasteiger partial charge in [0.2, 0.25) is 0 Å². The molecule has 2 nitrogen and oxygen atoms in total. The smallest absolute Gasteiger partial charge is 0.130 e. The minimum atomic E-state index is 0.979. The Morgan fingerprint density at radius 2 is 0.963 bits per heavy atom. The Hall–Kier alpha value is -3.52. The van der Waals surface area contributed by atoms with Crippen LogP contribution in [-0.2, 0) is 6.42 Å². The number of ether oxygens (including phenoxy) is 1. The van der Waals surface area contributed by atoms with E-state index in [1.165, 1.54) is 32.9 Å². The van der Waals surface area contributed by atoms with Crippen LogP contribution in [0.3, 0.4) is 0 Å². The molecule has 0 radical (unpaired) electrons. The molecule has 1 aromatic heterocycles. The second-order valence-corrected chi connectivity index (χ2v) is 6.71. The Kier molecular flexibility index (Phi) is 3.87. The zero-order valence-electron chi connectivity index (χ0n) is 14.9. The zero-order valence-corrected chi connectivity index (χ0v) is 14.9. The Labute approximate surface area is 158 Å². The van der Waals surface area contributed by atoms with Gasteiger partial charge in [0.1, 0.15) is 11.5 Å². The van der Waals surface area contributed by atoms with E-state index >= 15 is 0 Å². The molecular formula is C25H19NO. The Morgan fingerprint density at radius 1 is 0.519 bits per heavy atom. The molecule has 0 unspecified atom stereocenters. The van der Waals surface area contributed by atoms with E-state index in [1.807, 2.05) is 24.3 Å². The van der Waals surface area contributed by atoms with Gasteiger partial charge in [0.15, 0.2) is 0 Å². The lowest BCUT2D eigenvalue weighted by atomic mass is 10.0. The monoisotopic (exact) mass is 349 g/mol. The fraction of sp³-hybridized carbons (Fsp3) is 0.0400. The van der Waals surface area contributed by atoms with Crippen molar-refractivity contribution in [1.82, 2.24) is 4.98 Å². The molecule has 1 aliphatic heterocycles. The van der Waals surface area contributed by atoms with Crippen molar-refractivity contribution in [2.24, 2.45) is 0 Å². The molecular weight excluding hydrogens is 330 g/mol. The number of aromatic nitrogens is 1. The summed E-state index contributed by atoms with van der Waals surface area (Å²) < 4.78 is 5.78. The molecule has 1 aliphatic rings. The molecule has 6 rings (SSSR count). The van der Waals surface area contributed by atoms with Gasteiger partial charge in [-0.15, -0.1) is 0 Å². The maximum absolute atomic E-state index is 5.78. The maximum atomic E-state index is 5.78. The van der Waals surface area contributed by atoms with Gasteiger partial charge in [0, 0.05) is 28.2 Å². The van der Waals surface area contributed by atoms with Crippen molar-refractivity contribution < 1.29 is 4.74 Å². The Bertz CT molecular complexity index is 1100. The molecule has 0 amide bonds. The average molecular weight is 349 g/mol. The maximum Gasteiger partial charge on any atom is 0.130 e. The molecule has 4 aromatic carbocycles. The average Bonchev–Trinajstić information content (AvgIpc) is 3.11. The first-order chi connectivity index (χ1) is 13.4. The summed E-state index contributed by atoms with van der Waals surface area (Å²) in [6.07, 6.45) is 0.979. The van der Waals surface area contributed by atoms with E-state index in [4.69, 9.17) is 4.74 Å². The molecule has 2 heteroatoms. The number of rotatable bonds is 0. The number of H-pyrrole nitrogens is 1. The van der Waals surface area contributed by atoms with Crippen LogP contribution < -0.4 is 4.74 Å². The highest BCUT2D eigenvalue weighted by Gasteiger charge is 2.14. The summed E-state index contributed by atoms with van der Waals surface area (Å²) in [6.45, 7) is 0. The molecule has 0 aliphatic carbocycles. The van der Waals surface area contributed by atoms with Crippen LogP contribution in [0.15, 0.2) is 97.1 Å². The van der Waals surface area contributed by atoms with Crippen molar-refractivity contribution in [2.45, 2.75) is 6.42 Å². The van der Waals surface area contributed by atoms with Crippen LogP contribution in [0.2, 0.25) is 0 Å². The summed E-state index contributed by atoms with van der Waals surface area (Å²) in [4.78, 5) is 3.38. The van der Waals surface area contributed by atoms with Gasteiger partial charge in [-0.2, -0.15) is 0 Å². The molecule has 0 saturated heterocycles. The van der Waals surface area contributed by atoms with Gasteiger partial charge >= 0.3 is 0 Å². The van der Waals surface area contributed by atoms with E-state index in [1.54, 1.807) is 0 Å². The topological polar surface area (TPSA) is 25.0 Å². The van der Waals surface area contributed by atoms with E-state index < -0.39 is 0 Å². The lowest BCUT2D eigenvalue weighted by molar-refractivity contribution is 0.460. The number of aromatic amines is 1. The first-order valence-corrected chi connectivity index (χ1v) is 9.17. The number of para-hydroxylation sites is 4. The van der Waals surface area contributed by atoms with Crippen LogP contribution in [-0.4, -0.2) is 4.98 Å². The molecule has 0 atom stereocenters. The van der Waals surface area contributed by atoms with E-state index in [9.17, 15) is 0 Å². The molecule has 0 bridgehead atoms. The van der Waals surface area contributed by atoms with Crippen molar-refractivity contribution in [1.29, 1.82) is 0 Å². The third-order valence-electron chi connectivity index (χ3n) is 4.96. The second-order valence-electron chi connectivity index (χ2n) is 6.71. The highest BCUT2D eigenvalue weighted by atomic mass is 16.5. The van der Waals surface area contributed by atoms with Gasteiger partial charge in [-0.25, -0.2) is 0 Å². The fourth-order valence-corrected chi connectivity index (χ4v) is 3.62. The van der Waals surface area contributed by atoms with Crippen LogP contribution >= 0.6 is 0 Å². The predicted octanol–water partition coefficient (Wildman–Crippen LogP) is 6.70. The normalized spacial score (nSPS) is 11.9. The number of fused-ring (bicyclic) bond motifs is 5. The van der Waals surface area contributed by atoms with Crippen molar-refractivity contribution in [3.05, 3.63) is 108 Å². The number of hydrogen-bond acceptors (Lipinski definition) is 1. The summed E-state index contributed by atoms with van der Waals surface area (Å²) in [7, 11) is 0. The minimum absolute atomic E-state index is 0.979. The van der Waals surface area contributed by atoms with Crippen molar-refractivity contribution in [3.8, 4) is 11.5 Å². The fourth-order valence-electron chi connectivity index (χ4n) is 3.62. The van der Waals surface area contributed by atoms with E-state index in [0.717, 1.165) is 17.9 Å². The van der Waals surface area contributed by atoms with Crippen LogP contribution in [0.25, 0.3) is 21.8 Å². The first kappa shape index (κ1) is 15.7. The molecule has 27 heavy (non-hydrogen) atoms. The van der Waals surface area contributed by atoms with Crippen LogP contribution in [0, 0.1) is 0 Å². The Morgan fingerprint density at radius 3 is 1.52 bits per heavy atom. The standard InChI is InChI=1S/C13H10O.C12H9N/c1-3-7-12-10(5-1)9-11-6-2-4-8-13(11)14-12;1-3-7-11-9(5-1)10-6-2-4-8-12(10)13-11/h1-8H,9H2;1-8,13H. The summed E-state index contributed by atoms with van der Waals surface area (Å²) >= 11 is 0. The number of hydrogen-bond donors (Lipinski definition) is 1. The van der Waals surface area contributed by atoms with Crippen molar-refractivity contribution >= 4 is 21.8 Å². The van der Waals surface area contributed by atoms with Crippen molar-refractivity contribution in [3.63, 3.8) is 0 Å². The lowest BCUT2D eigenvalue weighted by Gasteiger charge is -2.19. The van der Waals surface area contributed by atoms with Crippen LogP contribution in [0.4, 0.5) is 0 Å². The molecule has 2 heterocycles. The minimum Gasteiger partial charge on any atom is -0.457 e. The lowest BCUT2D eigenvalue weighted by Crippen LogP contribution is -2.01. The zero-order chi connectivity index (χ0) is 18.1. The highest BCUT2D eigenvalue weighted by Crippen LogP contribution is 2.35. The van der Waals surface area contributed by atoms with Crippen LogP contribution in [0.1, 0.15) is 11.1 Å². The molecule has 130 valence electrons. The largest absolute Gasteiger partial charge is 0.457 e. The molecule has 0 saturated carbocycles. The second kappa shape index (κ2) is 6.65. The molecule has 0 fully saturated rings. The summed E-state index contributed by atoms with van der Waals surface area (Å²) in [6, 6.07) is 33.1. The van der Waals surface area contributed by atoms with Gasteiger partial charge in [-0.05, 0) is 35.4 Å². The summed E-state index contributed by atoms with van der Waals surface area (Å²) in [5.41, 5.74) is 4.96. The molecule has 0 spiro atoms. The van der Waals surface area contributed by atoms with Gasteiger partial charge < -0.3 is 9.72 Å². The molecule has 5 aromatic rings. The number of nitrogens with one attached hydrogen (secondary N) is 1. The van der Waals surface area contributed by atoms with Gasteiger partial charge in [0.25, 0.3) is 0 Å². The van der Waals surface area contributed by atoms with E-state index in [-0.39, 0.29) is 0 Å².